The van der Waals surface area contributed by atoms with E-state index < -0.39 is 0 Å². The van der Waals surface area contributed by atoms with Gasteiger partial charge in [0.1, 0.15) is 12.4 Å². The van der Waals surface area contributed by atoms with Crippen molar-refractivity contribution >= 4 is 0 Å². The fourth-order valence-electron chi connectivity index (χ4n) is 1.70. The molecule has 4 nitrogen and oxygen atoms in total. The number of rotatable bonds is 10. The minimum atomic E-state index is 0.460. The van der Waals surface area contributed by atoms with Gasteiger partial charge in [0.25, 0.3) is 0 Å². The van der Waals surface area contributed by atoms with Gasteiger partial charge in [-0.25, -0.2) is 0 Å². The van der Waals surface area contributed by atoms with E-state index in [1.807, 2.05) is 18.2 Å². The van der Waals surface area contributed by atoms with Gasteiger partial charge >= 0.3 is 0 Å². The molecular weight excluding hydrogens is 242 g/mol. The molecule has 0 heterocycles. The van der Waals surface area contributed by atoms with Crippen LogP contribution in [0.4, 0.5) is 0 Å². The fraction of sp³-hybridized carbons (Fsp3) is 0.600. The zero-order valence-corrected chi connectivity index (χ0v) is 11.9. The van der Waals surface area contributed by atoms with E-state index in [4.69, 9.17) is 19.9 Å². The molecule has 0 unspecified atom stereocenters. The second kappa shape index (κ2) is 9.78. The molecule has 0 aliphatic rings. The maximum atomic E-state index is 5.74. The molecule has 108 valence electrons. The van der Waals surface area contributed by atoms with Crippen molar-refractivity contribution in [2.75, 3.05) is 39.6 Å². The minimum absolute atomic E-state index is 0.460. The molecule has 0 aliphatic carbocycles. The molecule has 19 heavy (non-hydrogen) atoms. The van der Waals surface area contributed by atoms with Gasteiger partial charge in [0, 0.05) is 6.54 Å². The van der Waals surface area contributed by atoms with Crippen molar-refractivity contribution in [1.82, 2.24) is 0 Å². The molecule has 1 rings (SSSR count). The van der Waals surface area contributed by atoms with Crippen LogP contribution in [0.25, 0.3) is 0 Å². The van der Waals surface area contributed by atoms with Gasteiger partial charge in [0.05, 0.1) is 26.4 Å². The molecule has 0 saturated carbocycles. The summed E-state index contributed by atoms with van der Waals surface area (Å²) in [4.78, 5) is 0. The lowest BCUT2D eigenvalue weighted by Gasteiger charge is -2.13. The van der Waals surface area contributed by atoms with E-state index in [9.17, 15) is 0 Å². The number of hydrogen-bond acceptors (Lipinski definition) is 4. The molecule has 0 bridgehead atoms. The lowest BCUT2D eigenvalue weighted by atomic mass is 10.0. The van der Waals surface area contributed by atoms with Crippen LogP contribution >= 0.6 is 0 Å². The molecular formula is C15H25NO3. The molecule has 0 amide bonds. The summed E-state index contributed by atoms with van der Waals surface area (Å²) >= 11 is 0. The molecule has 1 aromatic rings. The molecule has 4 heteroatoms. The molecule has 0 spiro atoms. The fourth-order valence-corrected chi connectivity index (χ4v) is 1.70. The van der Waals surface area contributed by atoms with E-state index in [0.29, 0.717) is 45.5 Å². The van der Waals surface area contributed by atoms with Crippen molar-refractivity contribution in [2.24, 2.45) is 5.73 Å². The van der Waals surface area contributed by atoms with E-state index in [2.05, 4.69) is 19.9 Å². The maximum absolute atomic E-state index is 5.74. The zero-order chi connectivity index (χ0) is 13.9. The van der Waals surface area contributed by atoms with Gasteiger partial charge < -0.3 is 19.9 Å². The summed E-state index contributed by atoms with van der Waals surface area (Å²) in [5.74, 6) is 1.40. The molecule has 0 aromatic heterocycles. The van der Waals surface area contributed by atoms with Gasteiger partial charge in [-0.1, -0.05) is 32.0 Å². The van der Waals surface area contributed by atoms with E-state index in [-0.39, 0.29) is 0 Å². The normalized spacial score (nSPS) is 10.9. The average molecular weight is 267 g/mol. The van der Waals surface area contributed by atoms with Crippen molar-refractivity contribution in [2.45, 2.75) is 19.8 Å². The van der Waals surface area contributed by atoms with Gasteiger partial charge in [0.15, 0.2) is 0 Å². The summed E-state index contributed by atoms with van der Waals surface area (Å²) in [5.41, 5.74) is 6.54. The predicted octanol–water partition coefficient (Wildman–Crippen LogP) is 2.18. The van der Waals surface area contributed by atoms with Crippen LogP contribution in [-0.4, -0.2) is 39.6 Å². The first-order valence-electron chi connectivity index (χ1n) is 6.83. The maximum Gasteiger partial charge on any atom is 0.122 e. The monoisotopic (exact) mass is 267 g/mol. The van der Waals surface area contributed by atoms with E-state index >= 15 is 0 Å². The van der Waals surface area contributed by atoms with Gasteiger partial charge in [0.2, 0.25) is 0 Å². The van der Waals surface area contributed by atoms with Crippen molar-refractivity contribution in [3.63, 3.8) is 0 Å². The minimum Gasteiger partial charge on any atom is -0.491 e. The second-order valence-electron chi connectivity index (χ2n) is 4.55. The summed E-state index contributed by atoms with van der Waals surface area (Å²) in [7, 11) is 0. The first kappa shape index (κ1) is 16.0. The Hall–Kier alpha value is -1.10. The highest BCUT2D eigenvalue weighted by Gasteiger charge is 2.06. The molecule has 0 fully saturated rings. The first-order valence-corrected chi connectivity index (χ1v) is 6.83. The molecule has 0 saturated heterocycles. The van der Waals surface area contributed by atoms with Crippen LogP contribution in [0.2, 0.25) is 0 Å². The first-order chi connectivity index (χ1) is 9.25. The van der Waals surface area contributed by atoms with Gasteiger partial charge in [-0.05, 0) is 17.5 Å². The Morgan fingerprint density at radius 2 is 1.58 bits per heavy atom. The van der Waals surface area contributed by atoms with E-state index in [1.165, 1.54) is 5.56 Å². The largest absolute Gasteiger partial charge is 0.491 e. The highest BCUT2D eigenvalue weighted by molar-refractivity contribution is 5.35. The van der Waals surface area contributed by atoms with Gasteiger partial charge in [-0.2, -0.15) is 0 Å². The van der Waals surface area contributed by atoms with Crippen molar-refractivity contribution < 1.29 is 14.2 Å². The third-order valence-corrected chi connectivity index (χ3v) is 2.66. The van der Waals surface area contributed by atoms with Crippen LogP contribution in [0.15, 0.2) is 24.3 Å². The Kier molecular flexibility index (Phi) is 8.21. The number of para-hydroxylation sites is 1. The summed E-state index contributed by atoms with van der Waals surface area (Å²) in [6, 6.07) is 8.12. The number of nitrogens with two attached hydrogens (primary N) is 1. The quantitative estimate of drug-likeness (QED) is 0.660. The molecule has 0 radical (unpaired) electrons. The van der Waals surface area contributed by atoms with E-state index in [0.717, 1.165) is 5.75 Å². The Labute approximate surface area is 115 Å². The lowest BCUT2D eigenvalue weighted by molar-refractivity contribution is 0.0386. The van der Waals surface area contributed by atoms with Crippen LogP contribution in [0.5, 0.6) is 5.75 Å². The number of benzene rings is 1. The SMILES string of the molecule is CC(C)c1ccccc1OCCOCCOCCN. The molecule has 0 aliphatic heterocycles. The third-order valence-electron chi connectivity index (χ3n) is 2.66. The summed E-state index contributed by atoms with van der Waals surface area (Å²) in [5, 5.41) is 0. The molecule has 1 aromatic carbocycles. The average Bonchev–Trinajstić information content (AvgIpc) is 2.42. The number of hydrogen-bond donors (Lipinski definition) is 1. The standard InChI is InChI=1S/C15H25NO3/c1-13(2)14-5-3-4-6-15(14)19-12-11-18-10-9-17-8-7-16/h3-6,13H,7-12,16H2,1-2H3. The Balaban J connectivity index is 2.16. The van der Waals surface area contributed by atoms with Crippen LogP contribution in [-0.2, 0) is 9.47 Å². The molecule has 0 atom stereocenters. The Morgan fingerprint density at radius 3 is 2.26 bits per heavy atom. The summed E-state index contributed by atoms with van der Waals surface area (Å²) < 4.78 is 16.4. The highest BCUT2D eigenvalue weighted by atomic mass is 16.5. The van der Waals surface area contributed by atoms with Crippen molar-refractivity contribution in [1.29, 1.82) is 0 Å². The second-order valence-corrected chi connectivity index (χ2v) is 4.55. The highest BCUT2D eigenvalue weighted by Crippen LogP contribution is 2.25. The van der Waals surface area contributed by atoms with Crippen LogP contribution in [0.3, 0.4) is 0 Å². The summed E-state index contributed by atoms with van der Waals surface area (Å²) in [6.45, 7) is 7.74. The summed E-state index contributed by atoms with van der Waals surface area (Å²) in [6.07, 6.45) is 0. The predicted molar refractivity (Wildman–Crippen MR) is 76.7 cm³/mol. The molecule has 2 N–H and O–H groups in total. The van der Waals surface area contributed by atoms with E-state index in [1.54, 1.807) is 0 Å². The Morgan fingerprint density at radius 1 is 0.947 bits per heavy atom. The van der Waals surface area contributed by atoms with Crippen molar-refractivity contribution in [3.8, 4) is 5.75 Å². The zero-order valence-electron chi connectivity index (χ0n) is 11.9. The van der Waals surface area contributed by atoms with Crippen LogP contribution in [0.1, 0.15) is 25.3 Å². The topological polar surface area (TPSA) is 53.7 Å². The van der Waals surface area contributed by atoms with Crippen molar-refractivity contribution in [3.05, 3.63) is 29.8 Å². The Bertz CT molecular complexity index is 342. The van der Waals surface area contributed by atoms with Crippen LogP contribution in [0, 0.1) is 0 Å². The van der Waals surface area contributed by atoms with Gasteiger partial charge in [-0.3, -0.25) is 0 Å². The lowest BCUT2D eigenvalue weighted by Crippen LogP contribution is -2.14. The number of ether oxygens (including phenoxy) is 3. The smallest absolute Gasteiger partial charge is 0.122 e. The van der Waals surface area contributed by atoms with Gasteiger partial charge in [-0.15, -0.1) is 0 Å². The third kappa shape index (κ3) is 6.57. The van der Waals surface area contributed by atoms with Crippen LogP contribution < -0.4 is 10.5 Å².